The second kappa shape index (κ2) is 10.6. The molecule has 0 bridgehead atoms. The molecule has 0 spiro atoms. The number of halogens is 3. The predicted octanol–water partition coefficient (Wildman–Crippen LogP) is 6.89. The SMILES string of the molecule is CCOC(=O)c1nc(-c2ccccc2)n(-c2cccc(Cl)c2F)c1-c1cc(Cl)ccc1CN(C)C. The maximum Gasteiger partial charge on any atom is 0.359 e. The first-order valence-electron chi connectivity index (χ1n) is 11.0. The first-order chi connectivity index (χ1) is 16.8. The zero-order valence-electron chi connectivity index (χ0n) is 19.6. The Balaban J connectivity index is 2.16. The summed E-state index contributed by atoms with van der Waals surface area (Å²) in [6.07, 6.45) is 0. The van der Waals surface area contributed by atoms with Gasteiger partial charge in [-0.05, 0) is 50.8 Å². The van der Waals surface area contributed by atoms with Crippen molar-refractivity contribution in [1.29, 1.82) is 0 Å². The van der Waals surface area contributed by atoms with E-state index in [1.165, 1.54) is 6.07 Å². The molecule has 0 saturated heterocycles. The Kier molecular flexibility index (Phi) is 7.55. The number of benzene rings is 3. The average molecular weight is 512 g/mol. The molecule has 5 nitrogen and oxygen atoms in total. The van der Waals surface area contributed by atoms with Crippen molar-refractivity contribution in [2.24, 2.45) is 0 Å². The van der Waals surface area contributed by atoms with E-state index in [4.69, 9.17) is 32.9 Å². The molecule has 1 heterocycles. The van der Waals surface area contributed by atoms with Gasteiger partial charge in [-0.3, -0.25) is 4.57 Å². The molecule has 0 unspecified atom stereocenters. The van der Waals surface area contributed by atoms with Gasteiger partial charge in [0.05, 0.1) is 23.0 Å². The number of hydrogen-bond acceptors (Lipinski definition) is 4. The lowest BCUT2D eigenvalue weighted by atomic mass is 10.0. The van der Waals surface area contributed by atoms with E-state index in [9.17, 15) is 4.79 Å². The molecule has 0 amide bonds. The molecule has 1 aromatic heterocycles. The summed E-state index contributed by atoms with van der Waals surface area (Å²) in [5, 5.41) is 0.427. The highest BCUT2D eigenvalue weighted by molar-refractivity contribution is 6.31. The summed E-state index contributed by atoms with van der Waals surface area (Å²) in [7, 11) is 3.88. The van der Waals surface area contributed by atoms with Crippen LogP contribution in [0.1, 0.15) is 23.0 Å². The van der Waals surface area contributed by atoms with Crippen LogP contribution in [0.25, 0.3) is 28.3 Å². The van der Waals surface area contributed by atoms with Crippen LogP contribution in [0.4, 0.5) is 4.39 Å². The Hall–Kier alpha value is -3.19. The number of nitrogens with zero attached hydrogens (tertiary/aromatic N) is 3. The highest BCUT2D eigenvalue weighted by Crippen LogP contribution is 2.38. The van der Waals surface area contributed by atoms with Crippen molar-refractivity contribution in [1.82, 2.24) is 14.5 Å². The average Bonchev–Trinajstić information content (AvgIpc) is 3.23. The molecule has 4 rings (SSSR count). The van der Waals surface area contributed by atoms with Crippen LogP contribution in [-0.4, -0.2) is 41.1 Å². The second-order valence-electron chi connectivity index (χ2n) is 8.17. The van der Waals surface area contributed by atoms with E-state index in [0.717, 1.165) is 5.56 Å². The summed E-state index contributed by atoms with van der Waals surface area (Å²) < 4.78 is 22.5. The molecule has 0 aliphatic carbocycles. The van der Waals surface area contributed by atoms with Crippen molar-refractivity contribution >= 4 is 29.2 Å². The van der Waals surface area contributed by atoms with Gasteiger partial charge in [-0.2, -0.15) is 0 Å². The molecule has 0 saturated carbocycles. The molecule has 0 fully saturated rings. The van der Waals surface area contributed by atoms with Crippen LogP contribution >= 0.6 is 23.2 Å². The first-order valence-corrected chi connectivity index (χ1v) is 11.8. The number of carbonyl (C=O) groups excluding carboxylic acids is 1. The van der Waals surface area contributed by atoms with Gasteiger partial charge in [0, 0.05) is 22.7 Å². The largest absolute Gasteiger partial charge is 0.461 e. The van der Waals surface area contributed by atoms with E-state index in [1.54, 1.807) is 35.8 Å². The molecular weight excluding hydrogens is 488 g/mol. The van der Waals surface area contributed by atoms with Gasteiger partial charge in [-0.1, -0.05) is 65.7 Å². The lowest BCUT2D eigenvalue weighted by molar-refractivity contribution is 0.0521. The van der Waals surface area contributed by atoms with Crippen molar-refractivity contribution in [3.63, 3.8) is 0 Å². The van der Waals surface area contributed by atoms with Gasteiger partial charge in [0.1, 0.15) is 5.82 Å². The second-order valence-corrected chi connectivity index (χ2v) is 9.01. The third kappa shape index (κ3) is 5.10. The van der Waals surface area contributed by atoms with Crippen LogP contribution in [0, 0.1) is 5.82 Å². The molecule has 8 heteroatoms. The van der Waals surface area contributed by atoms with E-state index in [-0.39, 0.29) is 23.0 Å². The molecule has 4 aromatic rings. The topological polar surface area (TPSA) is 47.4 Å². The van der Waals surface area contributed by atoms with Crippen LogP contribution in [0.5, 0.6) is 0 Å². The number of hydrogen-bond donors (Lipinski definition) is 0. The molecule has 0 atom stereocenters. The van der Waals surface area contributed by atoms with Crippen molar-refractivity contribution < 1.29 is 13.9 Å². The first kappa shape index (κ1) is 24.9. The van der Waals surface area contributed by atoms with Crippen LogP contribution in [0.2, 0.25) is 10.0 Å². The number of aromatic nitrogens is 2. The minimum Gasteiger partial charge on any atom is -0.461 e. The smallest absolute Gasteiger partial charge is 0.359 e. The number of carbonyl (C=O) groups is 1. The third-order valence-corrected chi connectivity index (χ3v) is 5.89. The van der Waals surface area contributed by atoms with Gasteiger partial charge < -0.3 is 9.64 Å². The maximum absolute atomic E-state index is 15.5. The minimum atomic E-state index is -0.628. The molecule has 0 radical (unpaired) electrons. The lowest BCUT2D eigenvalue weighted by Gasteiger charge is -2.19. The molecule has 0 N–H and O–H groups in total. The van der Waals surface area contributed by atoms with Crippen LogP contribution in [-0.2, 0) is 11.3 Å². The fourth-order valence-electron chi connectivity index (χ4n) is 3.94. The number of rotatable bonds is 7. The Morgan fingerprint density at radius 3 is 2.49 bits per heavy atom. The Morgan fingerprint density at radius 1 is 1.06 bits per heavy atom. The fraction of sp³-hybridized carbons (Fsp3) is 0.185. The summed E-state index contributed by atoms with van der Waals surface area (Å²) in [6, 6.07) is 19.4. The van der Waals surface area contributed by atoms with Gasteiger partial charge in [0.15, 0.2) is 11.5 Å². The molecule has 180 valence electrons. The minimum absolute atomic E-state index is 0.0431. The maximum atomic E-state index is 15.5. The molecular formula is C27H24Cl2FN3O2. The van der Waals surface area contributed by atoms with Crippen molar-refractivity contribution in [2.75, 3.05) is 20.7 Å². The zero-order chi connectivity index (χ0) is 25.1. The zero-order valence-corrected chi connectivity index (χ0v) is 21.1. The van der Waals surface area contributed by atoms with Crippen LogP contribution in [0.15, 0.2) is 66.7 Å². The molecule has 0 aliphatic rings. The van der Waals surface area contributed by atoms with Crippen LogP contribution in [0.3, 0.4) is 0 Å². The standard InChI is InChI=1S/C27H24Cl2FN3O2/c1-4-35-27(34)24-25(20-15-19(28)14-13-18(20)16-32(2)3)33(22-12-8-11-21(29)23(22)30)26(31-24)17-9-6-5-7-10-17/h5-15H,4,16H2,1-3H3. The third-order valence-electron chi connectivity index (χ3n) is 5.36. The number of esters is 1. The van der Waals surface area contributed by atoms with Crippen molar-refractivity contribution in [2.45, 2.75) is 13.5 Å². The Morgan fingerprint density at radius 2 is 1.80 bits per heavy atom. The van der Waals surface area contributed by atoms with Gasteiger partial charge in [0.25, 0.3) is 0 Å². The van der Waals surface area contributed by atoms with E-state index < -0.39 is 11.8 Å². The predicted molar refractivity (Wildman–Crippen MR) is 138 cm³/mol. The normalized spacial score (nSPS) is 11.2. The van der Waals surface area contributed by atoms with Gasteiger partial charge in [-0.15, -0.1) is 0 Å². The Bertz CT molecular complexity index is 1370. The summed E-state index contributed by atoms with van der Waals surface area (Å²) in [6.45, 7) is 2.44. The van der Waals surface area contributed by atoms with Gasteiger partial charge in [-0.25, -0.2) is 14.2 Å². The van der Waals surface area contributed by atoms with E-state index in [0.29, 0.717) is 34.2 Å². The Labute approximate surface area is 213 Å². The van der Waals surface area contributed by atoms with E-state index in [1.807, 2.05) is 55.4 Å². The van der Waals surface area contributed by atoms with Crippen molar-refractivity contribution in [3.05, 3.63) is 93.8 Å². The molecule has 35 heavy (non-hydrogen) atoms. The highest BCUT2D eigenvalue weighted by atomic mass is 35.5. The van der Waals surface area contributed by atoms with Crippen molar-refractivity contribution in [3.8, 4) is 28.3 Å². The lowest BCUT2D eigenvalue weighted by Crippen LogP contribution is -2.14. The quantitative estimate of drug-likeness (QED) is 0.253. The number of ether oxygens (including phenoxy) is 1. The van der Waals surface area contributed by atoms with E-state index in [2.05, 4.69) is 0 Å². The van der Waals surface area contributed by atoms with Crippen LogP contribution < -0.4 is 0 Å². The van der Waals surface area contributed by atoms with E-state index >= 15 is 4.39 Å². The highest BCUT2D eigenvalue weighted by Gasteiger charge is 2.29. The van der Waals surface area contributed by atoms with Gasteiger partial charge >= 0.3 is 5.97 Å². The fourth-order valence-corrected chi connectivity index (χ4v) is 4.28. The summed E-state index contributed by atoms with van der Waals surface area (Å²) >= 11 is 12.6. The van der Waals surface area contributed by atoms with Gasteiger partial charge in [0.2, 0.25) is 0 Å². The summed E-state index contributed by atoms with van der Waals surface area (Å²) in [5.74, 6) is -0.867. The monoisotopic (exact) mass is 511 g/mol. The molecule has 3 aromatic carbocycles. The molecule has 0 aliphatic heterocycles. The summed E-state index contributed by atoms with van der Waals surface area (Å²) in [5.41, 5.74) is 2.82. The summed E-state index contributed by atoms with van der Waals surface area (Å²) in [4.78, 5) is 19.9. The number of imidazole rings is 1.